The number of carbonyl (C=O) groups excluding carboxylic acids is 1. The van der Waals surface area contributed by atoms with E-state index in [1.165, 1.54) is 10.4 Å². The van der Waals surface area contributed by atoms with Crippen LogP contribution in [0.3, 0.4) is 0 Å². The molecule has 1 heterocycles. The molecule has 2 aromatic rings. The van der Waals surface area contributed by atoms with E-state index in [1.807, 2.05) is 12.1 Å². The van der Waals surface area contributed by atoms with E-state index in [0.717, 1.165) is 11.8 Å². The zero-order valence-corrected chi connectivity index (χ0v) is 16.8. The van der Waals surface area contributed by atoms with Crippen LogP contribution in [-0.2, 0) is 21.4 Å². The maximum atomic E-state index is 12.6. The van der Waals surface area contributed by atoms with Crippen molar-refractivity contribution in [3.8, 4) is 5.75 Å². The number of nitrogens with zero attached hydrogens (tertiary/aromatic N) is 1. The summed E-state index contributed by atoms with van der Waals surface area (Å²) in [5, 5.41) is 3.82. The number of benzene rings is 2. The van der Waals surface area contributed by atoms with E-state index in [4.69, 9.17) is 27.9 Å². The standard InChI is InChI=1S/C18H18Cl2N2O4S/c1-27(24,25)22-9-8-17(26-16-7-6-14(20)10-15(16)22)18(23)21-11-12-2-4-13(19)5-3-12/h2-7,10,17H,8-9,11H2,1H3,(H,21,23)/t17-/m1/s1. The van der Waals surface area contributed by atoms with Crippen molar-refractivity contribution in [2.24, 2.45) is 0 Å². The first kappa shape index (κ1) is 19.8. The van der Waals surface area contributed by atoms with Crippen LogP contribution in [0.4, 0.5) is 5.69 Å². The first-order valence-corrected chi connectivity index (χ1v) is 10.8. The third kappa shape index (κ3) is 4.86. The lowest BCUT2D eigenvalue weighted by molar-refractivity contribution is -0.128. The van der Waals surface area contributed by atoms with Crippen molar-refractivity contribution in [3.63, 3.8) is 0 Å². The third-order valence-electron chi connectivity index (χ3n) is 4.13. The van der Waals surface area contributed by atoms with Crippen molar-refractivity contribution < 1.29 is 17.9 Å². The number of fused-ring (bicyclic) bond motifs is 1. The molecule has 0 fully saturated rings. The molecular weight excluding hydrogens is 411 g/mol. The molecule has 0 saturated carbocycles. The highest BCUT2D eigenvalue weighted by Gasteiger charge is 2.31. The summed E-state index contributed by atoms with van der Waals surface area (Å²) < 4.78 is 31.3. The Balaban J connectivity index is 1.77. The molecule has 1 N–H and O–H groups in total. The monoisotopic (exact) mass is 428 g/mol. The zero-order chi connectivity index (χ0) is 19.6. The molecule has 9 heteroatoms. The summed E-state index contributed by atoms with van der Waals surface area (Å²) in [4.78, 5) is 12.6. The quantitative estimate of drug-likeness (QED) is 0.810. The van der Waals surface area contributed by atoms with Crippen LogP contribution < -0.4 is 14.4 Å². The molecule has 0 aromatic heterocycles. The van der Waals surface area contributed by atoms with Crippen LogP contribution >= 0.6 is 23.2 Å². The third-order valence-corrected chi connectivity index (χ3v) is 5.79. The molecule has 1 amide bonds. The van der Waals surface area contributed by atoms with Crippen molar-refractivity contribution in [1.29, 1.82) is 0 Å². The average molecular weight is 429 g/mol. The number of amides is 1. The van der Waals surface area contributed by atoms with E-state index in [0.29, 0.717) is 28.0 Å². The van der Waals surface area contributed by atoms with Crippen LogP contribution in [0.2, 0.25) is 10.0 Å². The van der Waals surface area contributed by atoms with E-state index in [9.17, 15) is 13.2 Å². The van der Waals surface area contributed by atoms with Gasteiger partial charge < -0.3 is 10.1 Å². The highest BCUT2D eigenvalue weighted by atomic mass is 35.5. The fourth-order valence-corrected chi connectivity index (χ4v) is 4.02. The van der Waals surface area contributed by atoms with Gasteiger partial charge in [0.15, 0.2) is 6.10 Å². The van der Waals surface area contributed by atoms with Crippen molar-refractivity contribution in [2.45, 2.75) is 19.1 Å². The van der Waals surface area contributed by atoms with Gasteiger partial charge in [0.05, 0.1) is 11.9 Å². The second-order valence-electron chi connectivity index (χ2n) is 6.19. The lowest BCUT2D eigenvalue weighted by Crippen LogP contribution is -2.39. The van der Waals surface area contributed by atoms with Gasteiger partial charge in [-0.25, -0.2) is 8.42 Å². The van der Waals surface area contributed by atoms with Crippen molar-refractivity contribution in [1.82, 2.24) is 5.32 Å². The Hall–Kier alpha value is -1.96. The summed E-state index contributed by atoms with van der Waals surface area (Å²) >= 11 is 11.9. The van der Waals surface area contributed by atoms with Gasteiger partial charge in [0.25, 0.3) is 5.91 Å². The number of anilines is 1. The number of rotatable bonds is 4. The molecule has 27 heavy (non-hydrogen) atoms. The van der Waals surface area contributed by atoms with Gasteiger partial charge in [0.1, 0.15) is 5.75 Å². The van der Waals surface area contributed by atoms with E-state index >= 15 is 0 Å². The van der Waals surface area contributed by atoms with Gasteiger partial charge in [-0.1, -0.05) is 35.3 Å². The summed E-state index contributed by atoms with van der Waals surface area (Å²) in [6.45, 7) is 0.435. The van der Waals surface area contributed by atoms with Gasteiger partial charge in [-0.3, -0.25) is 9.10 Å². The van der Waals surface area contributed by atoms with Crippen molar-refractivity contribution >= 4 is 44.8 Å². The highest BCUT2D eigenvalue weighted by Crippen LogP contribution is 2.36. The fourth-order valence-electron chi connectivity index (χ4n) is 2.79. The largest absolute Gasteiger partial charge is 0.478 e. The van der Waals surface area contributed by atoms with Crippen LogP contribution in [0.25, 0.3) is 0 Å². The highest BCUT2D eigenvalue weighted by molar-refractivity contribution is 7.92. The molecule has 0 bridgehead atoms. The molecule has 6 nitrogen and oxygen atoms in total. The van der Waals surface area contributed by atoms with Gasteiger partial charge in [0, 0.05) is 29.6 Å². The molecule has 0 unspecified atom stereocenters. The van der Waals surface area contributed by atoms with Crippen molar-refractivity contribution in [2.75, 3.05) is 17.1 Å². The van der Waals surface area contributed by atoms with Crippen LogP contribution in [-0.4, -0.2) is 33.2 Å². The Kier molecular flexibility index (Phi) is 5.83. The van der Waals surface area contributed by atoms with Gasteiger partial charge in [-0.15, -0.1) is 0 Å². The molecule has 2 aromatic carbocycles. The molecule has 144 valence electrons. The molecular formula is C18H18Cl2N2O4S. The number of nitrogens with one attached hydrogen (secondary N) is 1. The Morgan fingerprint density at radius 2 is 1.85 bits per heavy atom. The molecule has 0 aliphatic carbocycles. The first-order chi connectivity index (χ1) is 12.7. The smallest absolute Gasteiger partial charge is 0.261 e. The minimum absolute atomic E-state index is 0.116. The van der Waals surface area contributed by atoms with E-state index in [1.54, 1.807) is 24.3 Å². The number of carbonyl (C=O) groups is 1. The molecule has 0 saturated heterocycles. The summed E-state index contributed by atoms with van der Waals surface area (Å²) in [5.74, 6) is -0.0184. The van der Waals surface area contributed by atoms with E-state index in [-0.39, 0.29) is 18.9 Å². The normalized spacial score (nSPS) is 16.9. The second kappa shape index (κ2) is 7.96. The summed E-state index contributed by atoms with van der Waals surface area (Å²) in [7, 11) is -3.54. The number of halogens is 2. The van der Waals surface area contributed by atoms with E-state index in [2.05, 4.69) is 5.32 Å². The van der Waals surface area contributed by atoms with Gasteiger partial charge in [-0.05, 0) is 35.9 Å². The predicted octanol–water partition coefficient (Wildman–Crippen LogP) is 3.23. The average Bonchev–Trinajstić information content (AvgIpc) is 2.80. The minimum atomic E-state index is -3.54. The van der Waals surface area contributed by atoms with Crippen molar-refractivity contribution in [3.05, 3.63) is 58.1 Å². The SMILES string of the molecule is CS(=O)(=O)N1CC[C@H](C(=O)NCc2ccc(Cl)cc2)Oc2ccc(Cl)cc21. The number of ether oxygens (including phenoxy) is 1. The maximum absolute atomic E-state index is 12.6. The van der Waals surface area contributed by atoms with Gasteiger partial charge in [0.2, 0.25) is 10.0 Å². The predicted molar refractivity (Wildman–Crippen MR) is 106 cm³/mol. The minimum Gasteiger partial charge on any atom is -0.478 e. The molecule has 3 rings (SSSR count). The van der Waals surface area contributed by atoms with E-state index < -0.39 is 16.1 Å². The molecule has 0 spiro atoms. The Bertz CT molecular complexity index is 948. The Morgan fingerprint density at radius 1 is 1.19 bits per heavy atom. The fraction of sp³-hybridized carbons (Fsp3) is 0.278. The Labute approximate surface area is 168 Å². The van der Waals surface area contributed by atoms with Gasteiger partial charge in [-0.2, -0.15) is 0 Å². The second-order valence-corrected chi connectivity index (χ2v) is 8.97. The summed E-state index contributed by atoms with van der Waals surface area (Å²) in [6.07, 6.45) is 0.508. The maximum Gasteiger partial charge on any atom is 0.261 e. The lowest BCUT2D eigenvalue weighted by Gasteiger charge is -2.21. The van der Waals surface area contributed by atoms with Crippen LogP contribution in [0.15, 0.2) is 42.5 Å². The zero-order valence-electron chi connectivity index (χ0n) is 14.5. The molecule has 1 atom stereocenters. The number of hydrogen-bond donors (Lipinski definition) is 1. The van der Waals surface area contributed by atoms with Crippen LogP contribution in [0.1, 0.15) is 12.0 Å². The molecule has 1 aliphatic heterocycles. The first-order valence-electron chi connectivity index (χ1n) is 8.20. The van der Waals surface area contributed by atoms with Crippen LogP contribution in [0, 0.1) is 0 Å². The lowest BCUT2D eigenvalue weighted by atomic mass is 10.2. The van der Waals surface area contributed by atoms with Crippen LogP contribution in [0.5, 0.6) is 5.75 Å². The Morgan fingerprint density at radius 3 is 2.52 bits per heavy atom. The van der Waals surface area contributed by atoms with Gasteiger partial charge >= 0.3 is 0 Å². The topological polar surface area (TPSA) is 75.7 Å². The summed E-state index contributed by atoms with van der Waals surface area (Å²) in [6, 6.07) is 11.8. The number of hydrogen-bond acceptors (Lipinski definition) is 4. The summed E-state index contributed by atoms with van der Waals surface area (Å²) in [5.41, 5.74) is 1.23. The molecule has 0 radical (unpaired) electrons. The number of sulfonamides is 1. The molecule has 1 aliphatic rings.